The van der Waals surface area contributed by atoms with Gasteiger partial charge in [-0.1, -0.05) is 40.5 Å². The maximum Gasteiger partial charge on any atom is -0.0179 e. The number of hydrogen-bond acceptors (Lipinski definition) is 0. The fraction of sp³-hybridized carbons (Fsp3) is 1.00. The van der Waals surface area contributed by atoms with E-state index in [1.807, 2.05) is 0 Å². The van der Waals surface area contributed by atoms with Crippen LogP contribution in [0.15, 0.2) is 0 Å². The first-order chi connectivity index (χ1) is 5.54. The molecule has 0 amide bonds. The van der Waals surface area contributed by atoms with Crippen LogP contribution >= 0.6 is 0 Å². The lowest BCUT2D eigenvalue weighted by molar-refractivity contribution is 0.369. The summed E-state index contributed by atoms with van der Waals surface area (Å²) in [7, 11) is 0. The molecule has 2 fully saturated rings. The molecule has 70 valence electrons. The smallest absolute Gasteiger partial charge is 0.0179 e. The van der Waals surface area contributed by atoms with E-state index in [-0.39, 0.29) is 0 Å². The molecule has 0 aromatic carbocycles. The summed E-state index contributed by atoms with van der Waals surface area (Å²) >= 11 is 0. The van der Waals surface area contributed by atoms with Gasteiger partial charge < -0.3 is 0 Å². The largest absolute Gasteiger partial charge is 0.0654 e. The molecule has 0 saturated heterocycles. The molecule has 0 N–H and O–H groups in total. The zero-order chi connectivity index (χ0) is 9.04. The first-order valence-corrected chi connectivity index (χ1v) is 5.54. The fourth-order valence-corrected chi connectivity index (χ4v) is 3.80. The molecule has 0 nitrogen and oxygen atoms in total. The quantitative estimate of drug-likeness (QED) is 0.594. The topological polar surface area (TPSA) is 0 Å². The molecule has 0 heterocycles. The second kappa shape index (κ2) is 2.08. The van der Waals surface area contributed by atoms with Crippen molar-refractivity contribution in [2.24, 2.45) is 16.2 Å². The highest BCUT2D eigenvalue weighted by atomic mass is 14.8. The molecule has 12 heavy (non-hydrogen) atoms. The summed E-state index contributed by atoms with van der Waals surface area (Å²) in [5, 5.41) is 0. The zero-order valence-electron chi connectivity index (χ0n) is 9.04. The molecule has 2 aliphatic carbocycles. The van der Waals surface area contributed by atoms with Crippen LogP contribution in [0, 0.1) is 16.2 Å². The van der Waals surface area contributed by atoms with Crippen LogP contribution in [0.2, 0.25) is 0 Å². The third-order valence-corrected chi connectivity index (χ3v) is 5.03. The van der Waals surface area contributed by atoms with Crippen LogP contribution in [0.25, 0.3) is 0 Å². The minimum atomic E-state index is 0.733. The monoisotopic (exact) mass is 166 g/mol. The van der Waals surface area contributed by atoms with Gasteiger partial charge in [0.05, 0.1) is 0 Å². The summed E-state index contributed by atoms with van der Waals surface area (Å²) in [5.74, 6) is 0. The van der Waals surface area contributed by atoms with Gasteiger partial charge in [-0.2, -0.15) is 0 Å². The fourth-order valence-electron chi connectivity index (χ4n) is 3.80. The summed E-state index contributed by atoms with van der Waals surface area (Å²) < 4.78 is 0. The molecule has 0 radical (unpaired) electrons. The third-order valence-electron chi connectivity index (χ3n) is 5.03. The summed E-state index contributed by atoms with van der Waals surface area (Å²) in [5.41, 5.74) is 2.29. The number of hydrogen-bond donors (Lipinski definition) is 0. The van der Waals surface area contributed by atoms with E-state index in [2.05, 4.69) is 27.7 Å². The van der Waals surface area contributed by atoms with Gasteiger partial charge >= 0.3 is 0 Å². The molecule has 3 unspecified atom stereocenters. The average molecular weight is 166 g/mol. The maximum absolute atomic E-state index is 2.51. The first kappa shape index (κ1) is 8.59. The lowest BCUT2D eigenvalue weighted by Crippen LogP contribution is -2.04. The highest BCUT2D eigenvalue weighted by Crippen LogP contribution is 2.89. The molecule has 3 atom stereocenters. The van der Waals surface area contributed by atoms with Gasteiger partial charge in [-0.15, -0.1) is 0 Å². The molecule has 2 aliphatic rings. The molecule has 0 bridgehead atoms. The molecule has 0 heteroatoms. The standard InChI is InChI=1S/C12H22/c1-5-7-11(4)9-12(11)8-10(12,3)6-2/h5-9H2,1-4H3. The second-order valence-electron chi connectivity index (χ2n) is 5.66. The Hall–Kier alpha value is 0. The Labute approximate surface area is 76.7 Å². The van der Waals surface area contributed by atoms with Crippen LogP contribution in [0.5, 0.6) is 0 Å². The first-order valence-electron chi connectivity index (χ1n) is 5.54. The Morgan fingerprint density at radius 2 is 1.58 bits per heavy atom. The van der Waals surface area contributed by atoms with E-state index in [1.165, 1.54) is 32.1 Å². The van der Waals surface area contributed by atoms with Gasteiger partial charge in [0.25, 0.3) is 0 Å². The zero-order valence-corrected chi connectivity index (χ0v) is 9.04. The lowest BCUT2D eigenvalue weighted by Gasteiger charge is -2.12. The van der Waals surface area contributed by atoms with Crippen molar-refractivity contribution in [3.8, 4) is 0 Å². The van der Waals surface area contributed by atoms with Gasteiger partial charge in [0.15, 0.2) is 0 Å². The Bertz CT molecular complexity index is 208. The second-order valence-corrected chi connectivity index (χ2v) is 5.66. The van der Waals surface area contributed by atoms with Crippen LogP contribution in [-0.4, -0.2) is 0 Å². The van der Waals surface area contributed by atoms with Crippen LogP contribution in [0.4, 0.5) is 0 Å². The summed E-state index contributed by atoms with van der Waals surface area (Å²) in [4.78, 5) is 0. The van der Waals surface area contributed by atoms with Gasteiger partial charge in [0.1, 0.15) is 0 Å². The SMILES string of the molecule is CCCC1(C)CC12CC2(C)CC. The maximum atomic E-state index is 2.51. The molecule has 1 spiro atoms. The molecule has 0 aromatic heterocycles. The van der Waals surface area contributed by atoms with Crippen molar-refractivity contribution in [2.75, 3.05) is 0 Å². The van der Waals surface area contributed by atoms with Crippen molar-refractivity contribution in [3.05, 3.63) is 0 Å². The van der Waals surface area contributed by atoms with Crippen LogP contribution < -0.4 is 0 Å². The number of rotatable bonds is 3. The van der Waals surface area contributed by atoms with Crippen LogP contribution in [0.1, 0.15) is 59.8 Å². The van der Waals surface area contributed by atoms with Crippen molar-refractivity contribution in [1.29, 1.82) is 0 Å². The van der Waals surface area contributed by atoms with E-state index in [0.717, 1.165) is 16.2 Å². The van der Waals surface area contributed by atoms with Crippen molar-refractivity contribution in [1.82, 2.24) is 0 Å². The minimum absolute atomic E-state index is 0.733. The Morgan fingerprint density at radius 3 is 2.00 bits per heavy atom. The molecule has 0 aromatic rings. The van der Waals surface area contributed by atoms with Crippen molar-refractivity contribution in [2.45, 2.75) is 59.8 Å². The normalized spacial score (nSPS) is 56.0. The van der Waals surface area contributed by atoms with Crippen LogP contribution in [-0.2, 0) is 0 Å². The Morgan fingerprint density at radius 1 is 1.00 bits per heavy atom. The summed E-state index contributed by atoms with van der Waals surface area (Å²) in [6.45, 7) is 9.69. The molecular weight excluding hydrogens is 144 g/mol. The van der Waals surface area contributed by atoms with E-state index in [4.69, 9.17) is 0 Å². The highest BCUT2D eigenvalue weighted by Gasteiger charge is 2.81. The van der Waals surface area contributed by atoms with Crippen molar-refractivity contribution in [3.63, 3.8) is 0 Å². The van der Waals surface area contributed by atoms with Crippen molar-refractivity contribution >= 4 is 0 Å². The van der Waals surface area contributed by atoms with Gasteiger partial charge in [-0.3, -0.25) is 0 Å². The highest BCUT2D eigenvalue weighted by molar-refractivity contribution is 5.30. The van der Waals surface area contributed by atoms with Gasteiger partial charge in [0, 0.05) is 0 Å². The predicted molar refractivity (Wildman–Crippen MR) is 53.1 cm³/mol. The molecule has 0 aliphatic heterocycles. The van der Waals surface area contributed by atoms with Crippen LogP contribution in [0.3, 0.4) is 0 Å². The average Bonchev–Trinajstić information content (AvgIpc) is 2.76. The summed E-state index contributed by atoms with van der Waals surface area (Å²) in [6.07, 6.45) is 7.28. The Kier molecular flexibility index (Phi) is 1.49. The predicted octanol–water partition coefficient (Wildman–Crippen LogP) is 4.00. The molecule has 2 rings (SSSR count). The van der Waals surface area contributed by atoms with E-state index < -0.39 is 0 Å². The van der Waals surface area contributed by atoms with E-state index in [0.29, 0.717) is 0 Å². The minimum Gasteiger partial charge on any atom is -0.0654 e. The van der Waals surface area contributed by atoms with Crippen molar-refractivity contribution < 1.29 is 0 Å². The molecular formula is C12H22. The van der Waals surface area contributed by atoms with Gasteiger partial charge in [-0.05, 0) is 35.5 Å². The molecule has 2 saturated carbocycles. The van der Waals surface area contributed by atoms with Gasteiger partial charge in [0.2, 0.25) is 0 Å². The van der Waals surface area contributed by atoms with Gasteiger partial charge in [-0.25, -0.2) is 0 Å². The van der Waals surface area contributed by atoms with E-state index in [1.54, 1.807) is 0 Å². The lowest BCUT2D eigenvalue weighted by atomic mass is 9.92. The van der Waals surface area contributed by atoms with E-state index in [9.17, 15) is 0 Å². The van der Waals surface area contributed by atoms with E-state index >= 15 is 0 Å². The summed E-state index contributed by atoms with van der Waals surface area (Å²) in [6, 6.07) is 0. The Balaban J connectivity index is 2.04. The third kappa shape index (κ3) is 0.744.